The fraction of sp³-hybridized carbons (Fsp3) is 0.500. The monoisotopic (exact) mass is 305 g/mol. The van der Waals surface area contributed by atoms with E-state index in [0.717, 1.165) is 13.1 Å². The lowest BCUT2D eigenvalue weighted by atomic mass is 9.91. The molecule has 120 valence electrons. The van der Waals surface area contributed by atoms with Crippen molar-refractivity contribution < 1.29 is 14.3 Å². The number of urea groups is 1. The standard InChI is InChI=1S/C16H23N3O3/c1-3-6-16(7-4-2)14(20)19(15(21)17-16)9-5-8-18-10-12-22-13-11-18/h3-5,8H,1-2,6-7,9-13H2,(H,17,21). The summed E-state index contributed by atoms with van der Waals surface area (Å²) in [5.74, 6) is -0.219. The van der Waals surface area contributed by atoms with Gasteiger partial charge in [0.05, 0.1) is 19.8 Å². The van der Waals surface area contributed by atoms with Gasteiger partial charge in [0.25, 0.3) is 5.91 Å². The first kappa shape index (κ1) is 16.3. The number of hydrogen-bond acceptors (Lipinski definition) is 4. The third kappa shape index (κ3) is 3.39. The average Bonchev–Trinajstić information content (AvgIpc) is 2.73. The average molecular weight is 305 g/mol. The minimum Gasteiger partial charge on any atom is -0.378 e. The van der Waals surface area contributed by atoms with E-state index in [1.807, 2.05) is 12.3 Å². The molecule has 0 aromatic carbocycles. The normalized spacial score (nSPS) is 21.3. The van der Waals surface area contributed by atoms with E-state index in [1.165, 1.54) is 4.90 Å². The van der Waals surface area contributed by atoms with E-state index in [1.54, 1.807) is 12.2 Å². The smallest absolute Gasteiger partial charge is 0.325 e. The highest BCUT2D eigenvalue weighted by molar-refractivity contribution is 6.07. The molecule has 2 rings (SSSR count). The van der Waals surface area contributed by atoms with Gasteiger partial charge in [-0.3, -0.25) is 9.69 Å². The number of carbonyl (C=O) groups excluding carboxylic acids is 2. The van der Waals surface area contributed by atoms with Gasteiger partial charge in [-0.2, -0.15) is 0 Å². The highest BCUT2D eigenvalue weighted by atomic mass is 16.5. The van der Waals surface area contributed by atoms with Crippen LogP contribution in [0.1, 0.15) is 12.8 Å². The molecule has 2 aliphatic rings. The Labute approximate surface area is 131 Å². The highest BCUT2D eigenvalue weighted by Gasteiger charge is 2.48. The van der Waals surface area contributed by atoms with Crippen molar-refractivity contribution in [3.05, 3.63) is 37.6 Å². The molecule has 22 heavy (non-hydrogen) atoms. The summed E-state index contributed by atoms with van der Waals surface area (Å²) in [6.45, 7) is 10.7. The summed E-state index contributed by atoms with van der Waals surface area (Å²) in [6, 6.07) is -0.361. The van der Waals surface area contributed by atoms with Crippen molar-refractivity contribution in [3.8, 4) is 0 Å². The zero-order valence-corrected chi connectivity index (χ0v) is 12.8. The Morgan fingerprint density at radius 2 is 1.82 bits per heavy atom. The van der Waals surface area contributed by atoms with Crippen LogP contribution in [-0.2, 0) is 9.53 Å². The summed E-state index contributed by atoms with van der Waals surface area (Å²) in [4.78, 5) is 28.0. The van der Waals surface area contributed by atoms with Gasteiger partial charge in [-0.1, -0.05) is 12.2 Å². The van der Waals surface area contributed by atoms with Crippen LogP contribution in [0.15, 0.2) is 37.6 Å². The topological polar surface area (TPSA) is 61.9 Å². The second kappa shape index (κ2) is 7.26. The van der Waals surface area contributed by atoms with E-state index in [0.29, 0.717) is 26.1 Å². The molecular formula is C16H23N3O3. The Hall–Kier alpha value is -2.08. The van der Waals surface area contributed by atoms with E-state index >= 15 is 0 Å². The molecule has 1 N–H and O–H groups in total. The van der Waals surface area contributed by atoms with Crippen LogP contribution in [0.3, 0.4) is 0 Å². The quantitative estimate of drug-likeness (QED) is 0.568. The molecule has 0 atom stereocenters. The van der Waals surface area contributed by atoms with Crippen LogP contribution >= 0.6 is 0 Å². The number of carbonyl (C=O) groups is 2. The molecule has 0 saturated carbocycles. The molecular weight excluding hydrogens is 282 g/mol. The van der Waals surface area contributed by atoms with Crippen LogP contribution in [0.5, 0.6) is 0 Å². The van der Waals surface area contributed by atoms with Crippen molar-refractivity contribution >= 4 is 11.9 Å². The molecule has 0 radical (unpaired) electrons. The molecule has 3 amide bonds. The second-order valence-corrected chi connectivity index (χ2v) is 5.45. The second-order valence-electron chi connectivity index (χ2n) is 5.45. The van der Waals surface area contributed by atoms with Crippen molar-refractivity contribution in [2.45, 2.75) is 18.4 Å². The molecule has 2 heterocycles. The number of amides is 3. The first-order chi connectivity index (χ1) is 10.6. The maximum atomic E-state index is 12.6. The van der Waals surface area contributed by atoms with Crippen molar-refractivity contribution in [3.63, 3.8) is 0 Å². The van der Waals surface area contributed by atoms with E-state index in [2.05, 4.69) is 23.4 Å². The lowest BCUT2D eigenvalue weighted by Crippen LogP contribution is -2.46. The summed E-state index contributed by atoms with van der Waals surface area (Å²) in [5.41, 5.74) is -0.923. The minimum absolute atomic E-state index is 0.219. The van der Waals surface area contributed by atoms with Crippen molar-refractivity contribution in [1.82, 2.24) is 15.1 Å². The fourth-order valence-electron chi connectivity index (χ4n) is 2.72. The first-order valence-electron chi connectivity index (χ1n) is 7.47. The van der Waals surface area contributed by atoms with Gasteiger partial charge >= 0.3 is 6.03 Å². The summed E-state index contributed by atoms with van der Waals surface area (Å²) in [6.07, 6.45) is 7.84. The predicted molar refractivity (Wildman–Crippen MR) is 84.1 cm³/mol. The van der Waals surface area contributed by atoms with Crippen LogP contribution in [0.25, 0.3) is 0 Å². The first-order valence-corrected chi connectivity index (χ1v) is 7.47. The van der Waals surface area contributed by atoms with Crippen molar-refractivity contribution in [1.29, 1.82) is 0 Å². The number of rotatable bonds is 7. The largest absolute Gasteiger partial charge is 0.378 e. The highest BCUT2D eigenvalue weighted by Crippen LogP contribution is 2.26. The van der Waals surface area contributed by atoms with Crippen molar-refractivity contribution in [2.24, 2.45) is 0 Å². The van der Waals surface area contributed by atoms with Crippen LogP contribution < -0.4 is 5.32 Å². The molecule has 2 aliphatic heterocycles. The molecule has 0 bridgehead atoms. The van der Waals surface area contributed by atoms with Gasteiger partial charge in [0.1, 0.15) is 5.54 Å². The van der Waals surface area contributed by atoms with Gasteiger partial charge < -0.3 is 15.0 Å². The summed E-state index contributed by atoms with van der Waals surface area (Å²) >= 11 is 0. The molecule has 0 aromatic heterocycles. The van der Waals surface area contributed by atoms with Gasteiger partial charge in [-0.25, -0.2) is 4.79 Å². The zero-order valence-electron chi connectivity index (χ0n) is 12.8. The Morgan fingerprint density at radius 1 is 1.18 bits per heavy atom. The van der Waals surface area contributed by atoms with E-state index < -0.39 is 5.54 Å². The maximum Gasteiger partial charge on any atom is 0.325 e. The Kier molecular flexibility index (Phi) is 5.38. The molecule has 2 saturated heterocycles. The molecule has 0 aliphatic carbocycles. The number of morpholine rings is 1. The molecule has 0 unspecified atom stereocenters. The third-order valence-corrected chi connectivity index (χ3v) is 3.88. The summed E-state index contributed by atoms with van der Waals surface area (Å²) in [5, 5.41) is 2.78. The van der Waals surface area contributed by atoms with Gasteiger partial charge in [0.15, 0.2) is 0 Å². The molecule has 2 fully saturated rings. The van der Waals surface area contributed by atoms with Gasteiger partial charge in [0, 0.05) is 13.1 Å². The van der Waals surface area contributed by atoms with Gasteiger partial charge in [0.2, 0.25) is 0 Å². The van der Waals surface area contributed by atoms with E-state index in [-0.39, 0.29) is 18.5 Å². The molecule has 0 spiro atoms. The summed E-state index contributed by atoms with van der Waals surface area (Å²) < 4.78 is 5.27. The van der Waals surface area contributed by atoms with Crippen LogP contribution in [0, 0.1) is 0 Å². The minimum atomic E-state index is -0.923. The number of hydrogen-bond donors (Lipinski definition) is 1. The lowest BCUT2D eigenvalue weighted by molar-refractivity contribution is -0.130. The van der Waals surface area contributed by atoms with Crippen LogP contribution in [0.4, 0.5) is 4.79 Å². The molecule has 0 aromatic rings. The Morgan fingerprint density at radius 3 is 2.41 bits per heavy atom. The lowest BCUT2D eigenvalue weighted by Gasteiger charge is -2.25. The summed E-state index contributed by atoms with van der Waals surface area (Å²) in [7, 11) is 0. The molecule has 6 heteroatoms. The SMILES string of the molecule is C=CCC1(CC=C)NC(=O)N(CC=CN2CCOCC2)C1=O. The third-order valence-electron chi connectivity index (χ3n) is 3.88. The number of nitrogens with zero attached hydrogens (tertiary/aromatic N) is 2. The van der Waals surface area contributed by atoms with Crippen LogP contribution in [0.2, 0.25) is 0 Å². The van der Waals surface area contributed by atoms with E-state index in [9.17, 15) is 9.59 Å². The van der Waals surface area contributed by atoms with Gasteiger partial charge in [-0.15, -0.1) is 13.2 Å². The molecule has 6 nitrogen and oxygen atoms in total. The van der Waals surface area contributed by atoms with Gasteiger partial charge in [-0.05, 0) is 25.1 Å². The number of ether oxygens (including phenoxy) is 1. The van der Waals surface area contributed by atoms with Crippen molar-refractivity contribution in [2.75, 3.05) is 32.8 Å². The van der Waals surface area contributed by atoms with Crippen LogP contribution in [-0.4, -0.2) is 60.1 Å². The Bertz CT molecular complexity index is 471. The predicted octanol–water partition coefficient (Wildman–Crippen LogP) is 1.28. The zero-order chi connectivity index (χ0) is 16.0. The Balaban J connectivity index is 2.00. The fourth-order valence-corrected chi connectivity index (χ4v) is 2.72. The maximum absolute atomic E-state index is 12.6. The number of nitrogens with one attached hydrogen (secondary N) is 1. The van der Waals surface area contributed by atoms with E-state index in [4.69, 9.17) is 4.74 Å². The number of imide groups is 1.